The molecular formula is C17H27N3O3. The van der Waals surface area contributed by atoms with Crippen molar-refractivity contribution in [3.05, 3.63) is 23.8 Å². The first-order chi connectivity index (χ1) is 11.1. The highest BCUT2D eigenvalue weighted by molar-refractivity contribution is 6.00. The zero-order valence-corrected chi connectivity index (χ0v) is 14.0. The van der Waals surface area contributed by atoms with Gasteiger partial charge < -0.3 is 15.6 Å². The van der Waals surface area contributed by atoms with Crippen LogP contribution in [0.15, 0.2) is 18.2 Å². The summed E-state index contributed by atoms with van der Waals surface area (Å²) >= 11 is 0. The van der Waals surface area contributed by atoms with E-state index in [2.05, 4.69) is 9.80 Å². The van der Waals surface area contributed by atoms with Gasteiger partial charge in [-0.25, -0.2) is 0 Å². The van der Waals surface area contributed by atoms with Gasteiger partial charge in [0.1, 0.15) is 5.75 Å². The van der Waals surface area contributed by atoms with Gasteiger partial charge in [0.15, 0.2) is 5.78 Å². The molecule has 1 unspecified atom stereocenters. The van der Waals surface area contributed by atoms with Gasteiger partial charge in [-0.15, -0.1) is 0 Å². The van der Waals surface area contributed by atoms with Gasteiger partial charge in [0.2, 0.25) is 0 Å². The molecule has 1 aromatic carbocycles. The Kier molecular flexibility index (Phi) is 6.38. The largest absolute Gasteiger partial charge is 0.492 e. The van der Waals surface area contributed by atoms with E-state index in [0.717, 1.165) is 26.2 Å². The Hall–Kier alpha value is -1.63. The number of aliphatic hydroxyl groups excluding tert-OH is 1. The number of rotatable bonds is 7. The Balaban J connectivity index is 1.98. The van der Waals surface area contributed by atoms with E-state index in [9.17, 15) is 4.79 Å². The highest BCUT2D eigenvalue weighted by Crippen LogP contribution is 2.24. The summed E-state index contributed by atoms with van der Waals surface area (Å²) in [5.74, 6) is 0.699. The second kappa shape index (κ2) is 8.29. The lowest BCUT2D eigenvalue weighted by atomic mass is 10.0. The highest BCUT2D eigenvalue weighted by Gasteiger charge is 2.26. The van der Waals surface area contributed by atoms with E-state index in [4.69, 9.17) is 15.6 Å². The summed E-state index contributed by atoms with van der Waals surface area (Å²) in [5, 5.41) is 8.99. The van der Waals surface area contributed by atoms with Crippen LogP contribution in [0, 0.1) is 0 Å². The van der Waals surface area contributed by atoms with Crippen LogP contribution in [-0.2, 0) is 0 Å². The molecule has 128 valence electrons. The molecule has 1 saturated heterocycles. The van der Waals surface area contributed by atoms with Crippen molar-refractivity contribution >= 4 is 11.5 Å². The molecule has 3 N–H and O–H groups in total. The van der Waals surface area contributed by atoms with Crippen molar-refractivity contribution in [2.45, 2.75) is 19.9 Å². The molecule has 6 nitrogen and oxygen atoms in total. The molecule has 0 aromatic heterocycles. The van der Waals surface area contributed by atoms with Gasteiger partial charge in [-0.3, -0.25) is 14.6 Å². The molecular weight excluding hydrogens is 294 g/mol. The number of nitrogens with two attached hydrogens (primary N) is 1. The molecule has 0 bridgehead atoms. The number of ether oxygens (including phenoxy) is 1. The lowest BCUT2D eigenvalue weighted by Gasteiger charge is -2.37. The Morgan fingerprint density at radius 2 is 2.04 bits per heavy atom. The maximum absolute atomic E-state index is 12.7. The molecule has 6 heteroatoms. The number of anilines is 1. The van der Waals surface area contributed by atoms with Crippen LogP contribution in [0.1, 0.15) is 24.2 Å². The van der Waals surface area contributed by atoms with Gasteiger partial charge in [-0.05, 0) is 32.0 Å². The van der Waals surface area contributed by atoms with Gasteiger partial charge in [-0.1, -0.05) is 0 Å². The maximum atomic E-state index is 12.7. The van der Waals surface area contributed by atoms with Crippen molar-refractivity contribution in [2.75, 3.05) is 51.7 Å². The van der Waals surface area contributed by atoms with E-state index in [-0.39, 0.29) is 18.4 Å². The fraction of sp³-hybridized carbons (Fsp3) is 0.588. The van der Waals surface area contributed by atoms with Crippen molar-refractivity contribution in [1.82, 2.24) is 9.80 Å². The Bertz CT molecular complexity index is 528. The minimum atomic E-state index is -0.177. The number of nitrogen functional groups attached to an aromatic ring is 1. The van der Waals surface area contributed by atoms with E-state index in [1.54, 1.807) is 18.2 Å². The van der Waals surface area contributed by atoms with Crippen molar-refractivity contribution in [3.8, 4) is 5.75 Å². The van der Waals surface area contributed by atoms with Crippen LogP contribution in [-0.4, -0.2) is 72.7 Å². The van der Waals surface area contributed by atoms with E-state index >= 15 is 0 Å². The fourth-order valence-electron chi connectivity index (χ4n) is 2.91. The Morgan fingerprint density at radius 3 is 2.61 bits per heavy atom. The number of hydrogen-bond donors (Lipinski definition) is 2. The molecule has 1 atom stereocenters. The number of nitrogens with zero attached hydrogens (tertiary/aromatic N) is 2. The monoisotopic (exact) mass is 321 g/mol. The summed E-state index contributed by atoms with van der Waals surface area (Å²) in [6.45, 7) is 8.69. The third-order valence-corrected chi connectivity index (χ3v) is 4.34. The van der Waals surface area contributed by atoms with Crippen molar-refractivity contribution in [2.24, 2.45) is 0 Å². The zero-order chi connectivity index (χ0) is 16.8. The summed E-state index contributed by atoms with van der Waals surface area (Å²) in [5.41, 5.74) is 7.07. The Morgan fingerprint density at radius 1 is 1.35 bits per heavy atom. The first kappa shape index (κ1) is 17.7. The molecule has 1 aromatic rings. The number of β-amino-alcohol motifs (C(OH)–C–C–N with tert-alkyl or cyclic N) is 1. The summed E-state index contributed by atoms with van der Waals surface area (Å²) in [4.78, 5) is 17.1. The average Bonchev–Trinajstić information content (AvgIpc) is 2.56. The summed E-state index contributed by atoms with van der Waals surface area (Å²) in [6, 6.07) is 5.06. The molecule has 0 aliphatic carbocycles. The first-order valence-corrected chi connectivity index (χ1v) is 8.20. The second-order valence-corrected chi connectivity index (χ2v) is 5.83. The van der Waals surface area contributed by atoms with Crippen LogP contribution in [0.25, 0.3) is 0 Å². The van der Waals surface area contributed by atoms with Gasteiger partial charge in [0.25, 0.3) is 0 Å². The molecule has 1 aliphatic heterocycles. The van der Waals surface area contributed by atoms with Gasteiger partial charge in [0.05, 0.1) is 24.9 Å². The van der Waals surface area contributed by atoms with E-state index in [1.165, 1.54) is 0 Å². The number of aliphatic hydroxyl groups is 1. The van der Waals surface area contributed by atoms with Gasteiger partial charge in [-0.2, -0.15) is 0 Å². The van der Waals surface area contributed by atoms with Crippen LogP contribution in [0.5, 0.6) is 5.75 Å². The molecule has 1 aliphatic rings. The van der Waals surface area contributed by atoms with Crippen molar-refractivity contribution < 1.29 is 14.6 Å². The fourth-order valence-corrected chi connectivity index (χ4v) is 2.91. The number of carbonyl (C=O) groups is 1. The smallest absolute Gasteiger partial charge is 0.179 e. The predicted octanol–water partition coefficient (Wildman–Crippen LogP) is 0.849. The van der Waals surface area contributed by atoms with E-state index < -0.39 is 0 Å². The third kappa shape index (κ3) is 4.43. The standard InChI is InChI=1S/C17H27N3O3/c1-3-23-16-5-4-14(12-15(16)18)17(22)13(2)20-8-6-19(7-9-20)10-11-21/h4-5,12-13,21H,3,6-11,18H2,1-2H3. The van der Waals surface area contributed by atoms with E-state index in [1.807, 2.05) is 13.8 Å². The minimum Gasteiger partial charge on any atom is -0.492 e. The quantitative estimate of drug-likeness (QED) is 0.572. The normalized spacial score (nSPS) is 17.9. The first-order valence-electron chi connectivity index (χ1n) is 8.20. The van der Waals surface area contributed by atoms with Crippen LogP contribution < -0.4 is 10.5 Å². The predicted molar refractivity (Wildman–Crippen MR) is 90.9 cm³/mol. The second-order valence-electron chi connectivity index (χ2n) is 5.83. The Labute approximate surface area is 137 Å². The van der Waals surface area contributed by atoms with Crippen molar-refractivity contribution in [3.63, 3.8) is 0 Å². The third-order valence-electron chi connectivity index (χ3n) is 4.34. The molecule has 0 spiro atoms. The van der Waals surface area contributed by atoms with Gasteiger partial charge in [0, 0.05) is 38.3 Å². The topological polar surface area (TPSA) is 79.0 Å². The molecule has 1 heterocycles. The number of hydrogen-bond acceptors (Lipinski definition) is 6. The number of piperazine rings is 1. The number of ketones is 1. The zero-order valence-electron chi connectivity index (χ0n) is 14.0. The highest BCUT2D eigenvalue weighted by atomic mass is 16.5. The molecule has 0 radical (unpaired) electrons. The minimum absolute atomic E-state index is 0.0790. The molecule has 23 heavy (non-hydrogen) atoms. The maximum Gasteiger partial charge on any atom is 0.179 e. The average molecular weight is 321 g/mol. The molecule has 0 amide bonds. The summed E-state index contributed by atoms with van der Waals surface area (Å²) < 4.78 is 5.41. The lowest BCUT2D eigenvalue weighted by Crippen LogP contribution is -2.52. The summed E-state index contributed by atoms with van der Waals surface area (Å²) in [7, 11) is 0. The van der Waals surface area contributed by atoms with E-state index in [0.29, 0.717) is 30.2 Å². The van der Waals surface area contributed by atoms with Gasteiger partial charge >= 0.3 is 0 Å². The van der Waals surface area contributed by atoms with Crippen molar-refractivity contribution in [1.29, 1.82) is 0 Å². The van der Waals surface area contributed by atoms with Crippen LogP contribution in [0.3, 0.4) is 0 Å². The lowest BCUT2D eigenvalue weighted by molar-refractivity contribution is 0.0663. The number of Topliss-reactive ketones (excluding diaryl/α,β-unsaturated/α-hetero) is 1. The summed E-state index contributed by atoms with van der Waals surface area (Å²) in [6.07, 6.45) is 0. The van der Waals surface area contributed by atoms with Crippen LogP contribution in [0.2, 0.25) is 0 Å². The molecule has 2 rings (SSSR count). The van der Waals surface area contributed by atoms with Crippen LogP contribution >= 0.6 is 0 Å². The SMILES string of the molecule is CCOc1ccc(C(=O)C(C)N2CCN(CCO)CC2)cc1N. The number of benzene rings is 1. The van der Waals surface area contributed by atoms with Crippen LogP contribution in [0.4, 0.5) is 5.69 Å². The molecule has 0 saturated carbocycles. The number of carbonyl (C=O) groups excluding carboxylic acids is 1. The molecule has 1 fully saturated rings.